The minimum Gasteiger partial charge on any atom is -0.468 e. The molecule has 0 amide bonds. The van der Waals surface area contributed by atoms with Gasteiger partial charge < -0.3 is 9.64 Å². The van der Waals surface area contributed by atoms with Crippen LogP contribution in [-0.2, 0) is 14.3 Å². The molecule has 7 heteroatoms. The van der Waals surface area contributed by atoms with Crippen LogP contribution in [0.1, 0.15) is 60.8 Å². The van der Waals surface area contributed by atoms with Crippen molar-refractivity contribution in [3.63, 3.8) is 0 Å². The first-order chi connectivity index (χ1) is 13.9. The van der Waals surface area contributed by atoms with Crippen molar-refractivity contribution in [1.82, 2.24) is 4.90 Å². The number of ether oxygens (including phenoxy) is 1. The van der Waals surface area contributed by atoms with E-state index in [-0.39, 0.29) is 12.2 Å². The Balaban J connectivity index is -0.000000570. The van der Waals surface area contributed by atoms with E-state index in [2.05, 4.69) is 4.74 Å². The fourth-order valence-corrected chi connectivity index (χ4v) is 1.96. The summed E-state index contributed by atoms with van der Waals surface area (Å²) in [6.45, 7) is 13.8. The molecular formula is C22H38F3NO3. The van der Waals surface area contributed by atoms with E-state index < -0.39 is 23.7 Å². The molecule has 0 saturated heterocycles. The summed E-state index contributed by atoms with van der Waals surface area (Å²) in [6, 6.07) is 0. The predicted octanol–water partition coefficient (Wildman–Crippen LogP) is 6.10. The molecular weight excluding hydrogens is 383 g/mol. The molecule has 29 heavy (non-hydrogen) atoms. The summed E-state index contributed by atoms with van der Waals surface area (Å²) >= 11 is 0. The number of rotatable bonds is 8. The van der Waals surface area contributed by atoms with Crippen LogP contribution in [0.5, 0.6) is 0 Å². The molecule has 0 saturated carbocycles. The van der Waals surface area contributed by atoms with E-state index >= 15 is 0 Å². The highest BCUT2D eigenvalue weighted by molar-refractivity contribution is 5.93. The summed E-state index contributed by atoms with van der Waals surface area (Å²) in [4.78, 5) is 23.0. The maximum Gasteiger partial charge on any atom is 0.293 e. The number of alkyl halides is 1. The van der Waals surface area contributed by atoms with Crippen molar-refractivity contribution < 1.29 is 27.5 Å². The lowest BCUT2D eigenvalue weighted by molar-refractivity contribution is -0.128. The van der Waals surface area contributed by atoms with Crippen molar-refractivity contribution in [2.75, 3.05) is 20.2 Å². The van der Waals surface area contributed by atoms with Gasteiger partial charge in [0.05, 0.1) is 6.61 Å². The van der Waals surface area contributed by atoms with Crippen LogP contribution in [0.2, 0.25) is 0 Å². The molecule has 0 N–H and O–H groups in total. The fourth-order valence-electron chi connectivity index (χ4n) is 1.96. The number of allylic oxidation sites excluding steroid dienone is 5. The highest BCUT2D eigenvalue weighted by Gasteiger charge is 2.27. The van der Waals surface area contributed by atoms with Gasteiger partial charge in [0.2, 0.25) is 0 Å². The minimum atomic E-state index is -2.06. The first kappa shape index (κ1) is 31.6. The van der Waals surface area contributed by atoms with Crippen LogP contribution < -0.4 is 0 Å². The summed E-state index contributed by atoms with van der Waals surface area (Å²) in [5.74, 6) is -3.86. The van der Waals surface area contributed by atoms with Crippen molar-refractivity contribution >= 4 is 12.3 Å². The highest BCUT2D eigenvalue weighted by atomic mass is 19.2. The Bertz CT molecular complexity index is 506. The van der Waals surface area contributed by atoms with Crippen LogP contribution in [0, 0.1) is 5.92 Å². The normalized spacial score (nSPS) is 17.6. The molecule has 0 fully saturated rings. The summed E-state index contributed by atoms with van der Waals surface area (Å²) in [5, 5.41) is 0. The standard InChI is InChI=1S/C14H18F3NO.C4H8O2.2C2H6/c1-3-7-18(2)8-6-13(19)10-4-5-11(15)14(17)12(16)9-10;1-2-3-6-4-5;2*1-2/h4-6,8,10,12H,3,7,9H2,1-2H3;4H,2-3H2,1H3;2*1-2H3/b8-6-;;;. The zero-order valence-electron chi connectivity index (χ0n) is 18.9. The topological polar surface area (TPSA) is 46.6 Å². The summed E-state index contributed by atoms with van der Waals surface area (Å²) in [7, 11) is 1.81. The second kappa shape index (κ2) is 22.2. The average molecular weight is 422 g/mol. The Morgan fingerprint density at radius 1 is 1.21 bits per heavy atom. The first-order valence-electron chi connectivity index (χ1n) is 10.2. The maximum atomic E-state index is 13.3. The van der Waals surface area contributed by atoms with Gasteiger partial charge in [-0.1, -0.05) is 47.6 Å². The second-order valence-corrected chi connectivity index (χ2v) is 5.53. The van der Waals surface area contributed by atoms with Gasteiger partial charge in [0.1, 0.15) is 0 Å². The Morgan fingerprint density at radius 3 is 2.24 bits per heavy atom. The highest BCUT2D eigenvalue weighted by Crippen LogP contribution is 2.27. The number of halogens is 3. The molecule has 0 aromatic heterocycles. The van der Waals surface area contributed by atoms with Crippen molar-refractivity contribution in [2.24, 2.45) is 5.92 Å². The Morgan fingerprint density at radius 2 is 1.79 bits per heavy atom. The van der Waals surface area contributed by atoms with Crippen molar-refractivity contribution in [2.45, 2.75) is 67.0 Å². The number of ketones is 1. The lowest BCUT2D eigenvalue weighted by Crippen LogP contribution is -2.17. The van der Waals surface area contributed by atoms with Crippen LogP contribution in [0.25, 0.3) is 0 Å². The van der Waals surface area contributed by atoms with Crippen LogP contribution in [0.3, 0.4) is 0 Å². The minimum absolute atomic E-state index is 0.357. The molecule has 1 rings (SSSR count). The quantitative estimate of drug-likeness (QED) is 0.270. The summed E-state index contributed by atoms with van der Waals surface area (Å²) in [6.07, 6.45) is 4.35. The van der Waals surface area contributed by atoms with E-state index in [9.17, 15) is 22.8 Å². The molecule has 0 heterocycles. The van der Waals surface area contributed by atoms with E-state index in [4.69, 9.17) is 0 Å². The molecule has 4 nitrogen and oxygen atoms in total. The van der Waals surface area contributed by atoms with E-state index in [0.717, 1.165) is 25.5 Å². The third-order valence-electron chi connectivity index (χ3n) is 3.26. The largest absolute Gasteiger partial charge is 0.468 e. The van der Waals surface area contributed by atoms with Gasteiger partial charge in [-0.2, -0.15) is 0 Å². The molecule has 0 aromatic rings. The Kier molecular flexibility index (Phi) is 24.3. The van der Waals surface area contributed by atoms with E-state index in [0.29, 0.717) is 13.1 Å². The molecule has 0 bridgehead atoms. The molecule has 2 unspecified atom stereocenters. The van der Waals surface area contributed by atoms with Crippen LogP contribution in [0.4, 0.5) is 13.2 Å². The van der Waals surface area contributed by atoms with Gasteiger partial charge in [-0.15, -0.1) is 0 Å². The van der Waals surface area contributed by atoms with Gasteiger partial charge in [0, 0.05) is 25.7 Å². The zero-order chi connectivity index (χ0) is 23.2. The second-order valence-electron chi connectivity index (χ2n) is 5.53. The van der Waals surface area contributed by atoms with E-state index in [1.807, 2.05) is 53.5 Å². The zero-order valence-corrected chi connectivity index (χ0v) is 18.9. The molecule has 1 aliphatic carbocycles. The lowest BCUT2D eigenvalue weighted by atomic mass is 9.98. The lowest BCUT2D eigenvalue weighted by Gasteiger charge is -2.13. The van der Waals surface area contributed by atoms with Crippen LogP contribution in [0.15, 0.2) is 36.1 Å². The number of hydrogen-bond donors (Lipinski definition) is 0. The number of carbonyl (C=O) groups is 2. The van der Waals surface area contributed by atoms with Gasteiger partial charge in [0.15, 0.2) is 23.6 Å². The SMILES string of the molecule is CC.CC.CCCN(C)/C=C\C(=O)C1C=CC(F)=C(F)C(F)C1.CCCOC=O. The smallest absolute Gasteiger partial charge is 0.293 e. The number of carbonyl (C=O) groups excluding carboxylic acids is 2. The van der Waals surface area contributed by atoms with Gasteiger partial charge in [-0.3, -0.25) is 9.59 Å². The average Bonchev–Trinajstić information content (AvgIpc) is 2.87. The third kappa shape index (κ3) is 16.6. The number of hydrogen-bond acceptors (Lipinski definition) is 4. The first-order valence-corrected chi connectivity index (χ1v) is 10.2. The molecule has 0 radical (unpaired) electrons. The fraction of sp³-hybridized carbons (Fsp3) is 0.636. The van der Waals surface area contributed by atoms with Crippen molar-refractivity contribution in [3.8, 4) is 0 Å². The van der Waals surface area contributed by atoms with Crippen molar-refractivity contribution in [3.05, 3.63) is 36.1 Å². The van der Waals surface area contributed by atoms with Gasteiger partial charge >= 0.3 is 0 Å². The van der Waals surface area contributed by atoms with E-state index in [1.54, 1.807) is 6.20 Å². The maximum absolute atomic E-state index is 13.3. The van der Waals surface area contributed by atoms with Crippen LogP contribution >= 0.6 is 0 Å². The Hall–Kier alpha value is -2.05. The number of nitrogens with zero attached hydrogens (tertiary/aromatic N) is 1. The molecule has 1 aliphatic rings. The predicted molar refractivity (Wildman–Crippen MR) is 113 cm³/mol. The monoisotopic (exact) mass is 421 g/mol. The molecule has 170 valence electrons. The van der Waals surface area contributed by atoms with E-state index in [1.165, 1.54) is 12.2 Å². The molecule has 0 aliphatic heterocycles. The van der Waals surface area contributed by atoms with Crippen molar-refractivity contribution in [1.29, 1.82) is 0 Å². The Labute approximate surface area is 174 Å². The third-order valence-corrected chi connectivity index (χ3v) is 3.26. The summed E-state index contributed by atoms with van der Waals surface area (Å²) < 4.78 is 43.6. The molecule has 0 aromatic carbocycles. The van der Waals surface area contributed by atoms with Gasteiger partial charge in [-0.25, -0.2) is 13.2 Å². The van der Waals surface area contributed by atoms with Crippen LogP contribution in [-0.4, -0.2) is 43.5 Å². The van der Waals surface area contributed by atoms with Gasteiger partial charge in [0.25, 0.3) is 6.47 Å². The van der Waals surface area contributed by atoms with Gasteiger partial charge in [-0.05, 0) is 31.4 Å². The summed E-state index contributed by atoms with van der Waals surface area (Å²) in [5.41, 5.74) is 0. The molecule has 2 atom stereocenters. The molecule has 0 spiro atoms.